The van der Waals surface area contributed by atoms with Crippen LogP contribution in [0.3, 0.4) is 0 Å². The van der Waals surface area contributed by atoms with Gasteiger partial charge in [-0.3, -0.25) is 0 Å². The van der Waals surface area contributed by atoms with Crippen LogP contribution in [0.1, 0.15) is 12.8 Å². The largest absolute Gasteiger partial charge is 0.466 e. The number of ether oxygens (including phenoxy) is 3. The van der Waals surface area contributed by atoms with Gasteiger partial charge in [-0.05, 0) is 12.5 Å². The van der Waals surface area contributed by atoms with Crippen molar-refractivity contribution in [2.45, 2.75) is 18.6 Å². The van der Waals surface area contributed by atoms with Gasteiger partial charge in [0.05, 0.1) is 20.3 Å². The Labute approximate surface area is 89.5 Å². The summed E-state index contributed by atoms with van der Waals surface area (Å²) in [5, 5.41) is 0. The van der Waals surface area contributed by atoms with Crippen molar-refractivity contribution in [1.29, 1.82) is 0 Å². The van der Waals surface area contributed by atoms with Crippen LogP contribution in [0.2, 0.25) is 0 Å². The first-order chi connectivity index (χ1) is 7.22. The molecule has 1 rings (SSSR count). The van der Waals surface area contributed by atoms with E-state index in [0.29, 0.717) is 19.6 Å². The lowest BCUT2D eigenvalue weighted by Gasteiger charge is -2.22. The summed E-state index contributed by atoms with van der Waals surface area (Å²) in [6.07, 6.45) is 6.15. The zero-order valence-corrected chi connectivity index (χ0v) is 8.90. The van der Waals surface area contributed by atoms with Gasteiger partial charge in [-0.25, -0.2) is 4.79 Å². The van der Waals surface area contributed by atoms with Crippen LogP contribution in [0.25, 0.3) is 0 Å². The molecule has 1 aliphatic heterocycles. The molecule has 0 aromatic carbocycles. The minimum atomic E-state index is -0.775. The summed E-state index contributed by atoms with van der Waals surface area (Å²) in [7, 11) is 1.33. The van der Waals surface area contributed by atoms with Gasteiger partial charge in [0.1, 0.15) is 0 Å². The highest BCUT2D eigenvalue weighted by molar-refractivity contribution is 5.81. The SMILES string of the molecule is C=CCCC1(/C=C/C(=O)OC)OCCO1. The standard InChI is InChI=1S/C11H16O4/c1-3-4-6-11(14-8-9-15-11)7-5-10(12)13-2/h3,5,7H,1,4,6,8-9H2,2H3/b7-5+. The predicted octanol–water partition coefficient (Wildman–Crippen LogP) is 1.42. The average molecular weight is 212 g/mol. The molecular weight excluding hydrogens is 196 g/mol. The molecule has 0 spiro atoms. The summed E-state index contributed by atoms with van der Waals surface area (Å²) in [5.41, 5.74) is 0. The monoisotopic (exact) mass is 212 g/mol. The second-order valence-electron chi connectivity index (χ2n) is 3.19. The van der Waals surface area contributed by atoms with Crippen molar-refractivity contribution in [3.63, 3.8) is 0 Å². The molecule has 0 unspecified atom stereocenters. The van der Waals surface area contributed by atoms with Gasteiger partial charge in [-0.1, -0.05) is 6.08 Å². The molecule has 1 heterocycles. The molecule has 0 bridgehead atoms. The summed E-state index contributed by atoms with van der Waals surface area (Å²) in [6.45, 7) is 4.73. The summed E-state index contributed by atoms with van der Waals surface area (Å²) in [6, 6.07) is 0. The zero-order valence-electron chi connectivity index (χ0n) is 8.90. The van der Waals surface area contributed by atoms with E-state index in [1.54, 1.807) is 12.2 Å². The number of rotatable bonds is 5. The maximum atomic E-state index is 10.9. The van der Waals surface area contributed by atoms with Crippen LogP contribution in [0.4, 0.5) is 0 Å². The molecule has 4 nitrogen and oxygen atoms in total. The summed E-state index contributed by atoms with van der Waals surface area (Å²) < 4.78 is 15.4. The van der Waals surface area contributed by atoms with Gasteiger partial charge in [-0.2, -0.15) is 0 Å². The third kappa shape index (κ3) is 3.49. The molecule has 4 heteroatoms. The van der Waals surface area contributed by atoms with Gasteiger partial charge in [0, 0.05) is 12.5 Å². The van der Waals surface area contributed by atoms with E-state index in [-0.39, 0.29) is 0 Å². The third-order valence-electron chi connectivity index (χ3n) is 2.15. The Hall–Kier alpha value is -1.13. The fraction of sp³-hybridized carbons (Fsp3) is 0.545. The molecular formula is C11H16O4. The highest BCUT2D eigenvalue weighted by Crippen LogP contribution is 2.26. The van der Waals surface area contributed by atoms with Gasteiger partial charge in [0.25, 0.3) is 0 Å². The second kappa shape index (κ2) is 5.68. The van der Waals surface area contributed by atoms with Crippen molar-refractivity contribution in [3.05, 3.63) is 24.8 Å². The van der Waals surface area contributed by atoms with E-state index in [1.807, 2.05) is 0 Å². The second-order valence-corrected chi connectivity index (χ2v) is 3.19. The normalized spacial score (nSPS) is 19.3. The summed E-state index contributed by atoms with van der Waals surface area (Å²) in [5.74, 6) is -1.19. The first kappa shape index (κ1) is 11.9. The fourth-order valence-corrected chi connectivity index (χ4v) is 1.36. The van der Waals surface area contributed by atoms with E-state index in [0.717, 1.165) is 6.42 Å². The smallest absolute Gasteiger partial charge is 0.330 e. The Bertz CT molecular complexity index is 251. The Morgan fingerprint density at radius 2 is 2.20 bits per heavy atom. The van der Waals surface area contributed by atoms with E-state index < -0.39 is 11.8 Å². The van der Waals surface area contributed by atoms with Crippen LogP contribution >= 0.6 is 0 Å². The molecule has 1 fully saturated rings. The van der Waals surface area contributed by atoms with Crippen LogP contribution in [0.5, 0.6) is 0 Å². The average Bonchev–Trinajstić information content (AvgIpc) is 2.72. The Kier molecular flexibility index (Phi) is 4.52. The van der Waals surface area contributed by atoms with E-state index in [1.165, 1.54) is 13.2 Å². The number of carbonyl (C=O) groups is 1. The molecule has 0 aliphatic carbocycles. The lowest BCUT2D eigenvalue weighted by Crippen LogP contribution is -2.27. The minimum Gasteiger partial charge on any atom is -0.466 e. The van der Waals surface area contributed by atoms with Crippen molar-refractivity contribution >= 4 is 5.97 Å². The molecule has 0 aromatic heterocycles. The Morgan fingerprint density at radius 3 is 2.73 bits per heavy atom. The van der Waals surface area contributed by atoms with Gasteiger partial charge in [-0.15, -0.1) is 6.58 Å². The number of allylic oxidation sites excluding steroid dienone is 1. The van der Waals surface area contributed by atoms with Gasteiger partial charge in [0.2, 0.25) is 0 Å². The molecule has 0 aromatic rings. The minimum absolute atomic E-state index is 0.410. The highest BCUT2D eigenvalue weighted by Gasteiger charge is 2.33. The molecule has 15 heavy (non-hydrogen) atoms. The highest BCUT2D eigenvalue weighted by atomic mass is 16.7. The molecule has 0 N–H and O–H groups in total. The molecule has 0 atom stereocenters. The number of esters is 1. The van der Waals surface area contributed by atoms with Gasteiger partial charge in [0.15, 0.2) is 5.79 Å². The third-order valence-corrected chi connectivity index (χ3v) is 2.15. The topological polar surface area (TPSA) is 44.8 Å². The van der Waals surface area contributed by atoms with Crippen LogP contribution in [-0.4, -0.2) is 32.1 Å². The molecule has 1 saturated heterocycles. The van der Waals surface area contributed by atoms with Crippen molar-refractivity contribution in [1.82, 2.24) is 0 Å². The molecule has 84 valence electrons. The van der Waals surface area contributed by atoms with Gasteiger partial charge < -0.3 is 14.2 Å². The van der Waals surface area contributed by atoms with Crippen LogP contribution in [0.15, 0.2) is 24.8 Å². The van der Waals surface area contributed by atoms with Crippen molar-refractivity contribution < 1.29 is 19.0 Å². The quantitative estimate of drug-likeness (QED) is 0.393. The fourth-order valence-electron chi connectivity index (χ4n) is 1.36. The van der Waals surface area contributed by atoms with Crippen molar-refractivity contribution in [3.8, 4) is 0 Å². The lowest BCUT2D eigenvalue weighted by atomic mass is 10.1. The van der Waals surface area contributed by atoms with E-state index >= 15 is 0 Å². The first-order valence-corrected chi connectivity index (χ1v) is 4.88. The maximum absolute atomic E-state index is 10.9. The van der Waals surface area contributed by atoms with E-state index in [2.05, 4.69) is 11.3 Å². The molecule has 1 aliphatic rings. The van der Waals surface area contributed by atoms with Crippen molar-refractivity contribution in [2.75, 3.05) is 20.3 Å². The summed E-state index contributed by atoms with van der Waals surface area (Å²) >= 11 is 0. The zero-order chi connectivity index (χ0) is 11.1. The van der Waals surface area contributed by atoms with E-state index in [4.69, 9.17) is 9.47 Å². The maximum Gasteiger partial charge on any atom is 0.330 e. The lowest BCUT2D eigenvalue weighted by molar-refractivity contribution is -0.136. The first-order valence-electron chi connectivity index (χ1n) is 4.88. The van der Waals surface area contributed by atoms with Gasteiger partial charge >= 0.3 is 5.97 Å². The number of methoxy groups -OCH3 is 1. The molecule has 0 amide bonds. The van der Waals surface area contributed by atoms with Crippen LogP contribution < -0.4 is 0 Å². The Morgan fingerprint density at radius 1 is 1.53 bits per heavy atom. The summed E-state index contributed by atoms with van der Waals surface area (Å²) in [4.78, 5) is 10.9. The van der Waals surface area contributed by atoms with Crippen molar-refractivity contribution in [2.24, 2.45) is 0 Å². The molecule has 0 saturated carbocycles. The van der Waals surface area contributed by atoms with E-state index in [9.17, 15) is 4.79 Å². The van der Waals surface area contributed by atoms with Crippen LogP contribution in [0, 0.1) is 0 Å². The Balaban J connectivity index is 2.60. The number of hydrogen-bond donors (Lipinski definition) is 0. The molecule has 0 radical (unpaired) electrons. The van der Waals surface area contributed by atoms with Crippen LogP contribution in [-0.2, 0) is 19.0 Å². The number of hydrogen-bond acceptors (Lipinski definition) is 4. The number of carbonyl (C=O) groups excluding carboxylic acids is 1. The predicted molar refractivity (Wildman–Crippen MR) is 55.2 cm³/mol.